The number of benzene rings is 2. The highest BCUT2D eigenvalue weighted by Crippen LogP contribution is 2.25. The standard InChI is InChI=1S/C21H25ClN2O4S/c1-3-24(4-2)29(26,27)19-7-5-6-17(14-19)21(25)23-12-13-28-20(15-23)16-8-10-18(22)11-9-16/h5-11,14,20H,3-4,12-13,15H2,1-2H3. The van der Waals surface area contributed by atoms with Gasteiger partial charge < -0.3 is 9.64 Å². The average molecular weight is 437 g/mol. The van der Waals surface area contributed by atoms with E-state index in [1.54, 1.807) is 43.0 Å². The number of morpholine rings is 1. The van der Waals surface area contributed by atoms with Gasteiger partial charge >= 0.3 is 0 Å². The van der Waals surface area contributed by atoms with E-state index >= 15 is 0 Å². The Morgan fingerprint density at radius 1 is 1.17 bits per heavy atom. The van der Waals surface area contributed by atoms with Crippen molar-refractivity contribution in [2.75, 3.05) is 32.8 Å². The first-order chi connectivity index (χ1) is 13.9. The van der Waals surface area contributed by atoms with Crippen molar-refractivity contribution in [3.63, 3.8) is 0 Å². The van der Waals surface area contributed by atoms with Crippen molar-refractivity contribution >= 4 is 27.5 Å². The summed E-state index contributed by atoms with van der Waals surface area (Å²) in [5, 5.41) is 0.642. The molecule has 1 heterocycles. The summed E-state index contributed by atoms with van der Waals surface area (Å²) in [5.41, 5.74) is 1.31. The van der Waals surface area contributed by atoms with Gasteiger partial charge in [0.1, 0.15) is 6.10 Å². The second-order valence-electron chi connectivity index (χ2n) is 6.78. The van der Waals surface area contributed by atoms with Crippen molar-refractivity contribution in [2.45, 2.75) is 24.8 Å². The van der Waals surface area contributed by atoms with Crippen molar-refractivity contribution in [3.8, 4) is 0 Å². The molecule has 0 saturated carbocycles. The zero-order valence-electron chi connectivity index (χ0n) is 16.5. The Kier molecular flexibility index (Phi) is 6.95. The molecular formula is C21H25ClN2O4S. The number of amides is 1. The number of halogens is 1. The Labute approximate surface area is 177 Å². The first kappa shape index (κ1) is 21.8. The van der Waals surface area contributed by atoms with E-state index in [0.717, 1.165) is 5.56 Å². The summed E-state index contributed by atoms with van der Waals surface area (Å²) in [6.45, 7) is 5.60. The molecule has 29 heavy (non-hydrogen) atoms. The van der Waals surface area contributed by atoms with Crippen LogP contribution in [0.4, 0.5) is 0 Å². The number of sulfonamides is 1. The lowest BCUT2D eigenvalue weighted by molar-refractivity contribution is -0.0228. The largest absolute Gasteiger partial charge is 0.370 e. The highest BCUT2D eigenvalue weighted by atomic mass is 35.5. The Balaban J connectivity index is 1.80. The predicted octanol–water partition coefficient (Wildman–Crippen LogP) is 3.58. The van der Waals surface area contributed by atoms with Gasteiger partial charge in [0, 0.05) is 30.2 Å². The molecule has 0 spiro atoms. The van der Waals surface area contributed by atoms with E-state index in [1.165, 1.54) is 16.4 Å². The van der Waals surface area contributed by atoms with Gasteiger partial charge in [0.2, 0.25) is 10.0 Å². The molecule has 0 N–H and O–H groups in total. The van der Waals surface area contributed by atoms with Gasteiger partial charge in [0.15, 0.2) is 0 Å². The maximum atomic E-state index is 13.1. The third kappa shape index (κ3) is 4.80. The van der Waals surface area contributed by atoms with Crippen LogP contribution in [-0.2, 0) is 14.8 Å². The number of carbonyl (C=O) groups excluding carboxylic acids is 1. The van der Waals surface area contributed by atoms with Crippen molar-refractivity contribution in [3.05, 3.63) is 64.7 Å². The third-order valence-corrected chi connectivity index (χ3v) is 7.32. The summed E-state index contributed by atoms with van der Waals surface area (Å²) in [7, 11) is -3.62. The Bertz CT molecular complexity index is 959. The van der Waals surface area contributed by atoms with E-state index in [-0.39, 0.29) is 16.9 Å². The van der Waals surface area contributed by atoms with Crippen LogP contribution in [0.15, 0.2) is 53.4 Å². The Morgan fingerprint density at radius 2 is 1.86 bits per heavy atom. The summed E-state index contributed by atoms with van der Waals surface area (Å²) in [5.74, 6) is -0.205. The molecule has 3 rings (SSSR count). The maximum absolute atomic E-state index is 13.1. The van der Waals surface area contributed by atoms with Crippen LogP contribution in [0, 0.1) is 0 Å². The first-order valence-corrected chi connectivity index (χ1v) is 11.4. The Hall–Kier alpha value is -1.93. The summed E-state index contributed by atoms with van der Waals surface area (Å²) in [6.07, 6.45) is -0.243. The van der Waals surface area contributed by atoms with Crippen LogP contribution in [-0.4, -0.2) is 56.3 Å². The monoisotopic (exact) mass is 436 g/mol. The molecule has 1 unspecified atom stereocenters. The second kappa shape index (κ2) is 9.26. The molecule has 2 aromatic carbocycles. The second-order valence-corrected chi connectivity index (χ2v) is 9.15. The van der Waals surface area contributed by atoms with Crippen LogP contribution in [0.5, 0.6) is 0 Å². The lowest BCUT2D eigenvalue weighted by atomic mass is 10.1. The summed E-state index contributed by atoms with van der Waals surface area (Å²) in [6, 6.07) is 13.6. The summed E-state index contributed by atoms with van der Waals surface area (Å²) in [4.78, 5) is 14.9. The average Bonchev–Trinajstić information content (AvgIpc) is 2.74. The van der Waals surface area contributed by atoms with E-state index in [0.29, 0.717) is 43.4 Å². The van der Waals surface area contributed by atoms with Crippen LogP contribution in [0.25, 0.3) is 0 Å². The highest BCUT2D eigenvalue weighted by molar-refractivity contribution is 7.89. The van der Waals surface area contributed by atoms with Gasteiger partial charge in [0.25, 0.3) is 5.91 Å². The molecule has 1 aliphatic rings. The topological polar surface area (TPSA) is 66.9 Å². The highest BCUT2D eigenvalue weighted by Gasteiger charge is 2.28. The van der Waals surface area contributed by atoms with Crippen molar-refractivity contribution in [1.29, 1.82) is 0 Å². The van der Waals surface area contributed by atoms with Gasteiger partial charge in [-0.25, -0.2) is 8.42 Å². The Morgan fingerprint density at radius 3 is 2.52 bits per heavy atom. The minimum atomic E-state index is -3.62. The van der Waals surface area contributed by atoms with E-state index < -0.39 is 10.0 Å². The SMILES string of the molecule is CCN(CC)S(=O)(=O)c1cccc(C(=O)N2CCOC(c3ccc(Cl)cc3)C2)c1. The predicted molar refractivity (Wildman–Crippen MR) is 113 cm³/mol. The molecule has 1 atom stereocenters. The minimum absolute atomic E-state index is 0.134. The smallest absolute Gasteiger partial charge is 0.254 e. The molecule has 2 aromatic rings. The maximum Gasteiger partial charge on any atom is 0.254 e. The molecule has 1 amide bonds. The van der Waals surface area contributed by atoms with E-state index in [2.05, 4.69) is 0 Å². The number of hydrogen-bond acceptors (Lipinski definition) is 4. The van der Waals surface area contributed by atoms with Gasteiger partial charge in [-0.3, -0.25) is 4.79 Å². The number of ether oxygens (including phenoxy) is 1. The first-order valence-electron chi connectivity index (χ1n) is 9.63. The van der Waals surface area contributed by atoms with Crippen LogP contribution in [0.3, 0.4) is 0 Å². The van der Waals surface area contributed by atoms with Crippen LogP contribution < -0.4 is 0 Å². The van der Waals surface area contributed by atoms with Gasteiger partial charge in [-0.2, -0.15) is 4.31 Å². The van der Waals surface area contributed by atoms with Gasteiger partial charge in [0.05, 0.1) is 18.0 Å². The van der Waals surface area contributed by atoms with Crippen LogP contribution in [0.1, 0.15) is 35.9 Å². The molecule has 0 aliphatic carbocycles. The minimum Gasteiger partial charge on any atom is -0.370 e. The molecule has 1 saturated heterocycles. The molecule has 0 aromatic heterocycles. The number of carbonyl (C=O) groups is 1. The fraction of sp³-hybridized carbons (Fsp3) is 0.381. The fourth-order valence-electron chi connectivity index (χ4n) is 3.40. The van der Waals surface area contributed by atoms with Crippen molar-refractivity contribution in [2.24, 2.45) is 0 Å². The lowest BCUT2D eigenvalue weighted by Gasteiger charge is -2.33. The van der Waals surface area contributed by atoms with E-state index in [9.17, 15) is 13.2 Å². The van der Waals surface area contributed by atoms with Crippen LogP contribution >= 0.6 is 11.6 Å². The van der Waals surface area contributed by atoms with E-state index in [1.807, 2.05) is 12.1 Å². The van der Waals surface area contributed by atoms with E-state index in [4.69, 9.17) is 16.3 Å². The number of hydrogen-bond donors (Lipinski definition) is 0. The van der Waals surface area contributed by atoms with Gasteiger partial charge in [-0.1, -0.05) is 43.6 Å². The summed E-state index contributed by atoms with van der Waals surface area (Å²) < 4.78 is 32.8. The zero-order valence-corrected chi connectivity index (χ0v) is 18.1. The molecule has 0 bridgehead atoms. The molecule has 1 aliphatic heterocycles. The number of rotatable bonds is 6. The normalized spacial score (nSPS) is 17.5. The molecule has 6 nitrogen and oxygen atoms in total. The summed E-state index contributed by atoms with van der Waals surface area (Å²) >= 11 is 5.95. The quantitative estimate of drug-likeness (QED) is 0.694. The molecule has 1 fully saturated rings. The lowest BCUT2D eigenvalue weighted by Crippen LogP contribution is -2.42. The van der Waals surface area contributed by atoms with Crippen LogP contribution in [0.2, 0.25) is 5.02 Å². The zero-order chi connectivity index (χ0) is 21.0. The third-order valence-electron chi connectivity index (χ3n) is 5.02. The number of nitrogens with zero attached hydrogens (tertiary/aromatic N) is 2. The van der Waals surface area contributed by atoms with Gasteiger partial charge in [-0.15, -0.1) is 0 Å². The fourth-order valence-corrected chi connectivity index (χ4v) is 5.03. The van der Waals surface area contributed by atoms with Crippen molar-refractivity contribution in [1.82, 2.24) is 9.21 Å². The molecule has 0 radical (unpaired) electrons. The van der Waals surface area contributed by atoms with Crippen molar-refractivity contribution < 1.29 is 17.9 Å². The molecule has 156 valence electrons. The molecular weight excluding hydrogens is 412 g/mol. The van der Waals surface area contributed by atoms with Gasteiger partial charge in [-0.05, 0) is 35.9 Å². The molecule has 8 heteroatoms.